The van der Waals surface area contributed by atoms with Crippen molar-refractivity contribution < 1.29 is 8.95 Å². The minimum absolute atomic E-state index is 0.252. The van der Waals surface area contributed by atoms with Gasteiger partial charge in [-0.15, -0.1) is 0 Å². The van der Waals surface area contributed by atoms with Gasteiger partial charge < -0.3 is 10.1 Å². The number of anilines is 1. The van der Waals surface area contributed by atoms with Gasteiger partial charge in [0, 0.05) is 47.9 Å². The summed E-state index contributed by atoms with van der Waals surface area (Å²) in [6, 6.07) is 5.90. The van der Waals surface area contributed by atoms with Crippen LogP contribution in [0.15, 0.2) is 46.2 Å². The minimum atomic E-state index is -1.07. The van der Waals surface area contributed by atoms with Crippen LogP contribution in [0.2, 0.25) is 0 Å². The van der Waals surface area contributed by atoms with Gasteiger partial charge in [-0.05, 0) is 41.9 Å². The molecule has 3 aromatic rings. The van der Waals surface area contributed by atoms with Crippen LogP contribution in [0.25, 0.3) is 10.9 Å². The molecule has 1 N–H and O–H groups in total. The van der Waals surface area contributed by atoms with E-state index >= 15 is 0 Å². The number of halogens is 1. The second-order valence-electron chi connectivity index (χ2n) is 6.11. The van der Waals surface area contributed by atoms with E-state index in [2.05, 4.69) is 36.2 Å². The summed E-state index contributed by atoms with van der Waals surface area (Å²) in [6.07, 6.45) is 6.72. The lowest BCUT2D eigenvalue weighted by Gasteiger charge is -2.11. The van der Waals surface area contributed by atoms with Crippen molar-refractivity contribution in [2.75, 3.05) is 11.6 Å². The third-order valence-corrected chi connectivity index (χ3v) is 5.05. The van der Waals surface area contributed by atoms with E-state index in [0.717, 1.165) is 20.9 Å². The lowest BCUT2D eigenvalue weighted by atomic mass is 10.2. The third-order valence-electron chi connectivity index (χ3n) is 3.55. The van der Waals surface area contributed by atoms with Gasteiger partial charge in [0.1, 0.15) is 12.4 Å². The second-order valence-corrected chi connectivity index (χ2v) is 8.34. The normalized spacial score (nSPS) is 12.3. The average Bonchev–Trinajstić information content (AvgIpc) is 2.60. The van der Waals surface area contributed by atoms with E-state index in [9.17, 15) is 4.21 Å². The molecule has 2 aromatic heterocycles. The predicted octanol–water partition coefficient (Wildman–Crippen LogP) is 3.92. The summed E-state index contributed by atoms with van der Waals surface area (Å²) in [4.78, 5) is 13.6. The van der Waals surface area contributed by atoms with Crippen LogP contribution in [0, 0.1) is 0 Å². The van der Waals surface area contributed by atoms with Gasteiger partial charge in [0.15, 0.2) is 0 Å². The smallest absolute Gasteiger partial charge is 0.223 e. The highest BCUT2D eigenvalue weighted by molar-refractivity contribution is 9.10. The van der Waals surface area contributed by atoms with Gasteiger partial charge in [-0.3, -0.25) is 9.19 Å². The lowest BCUT2D eigenvalue weighted by Crippen LogP contribution is -2.12. The average molecular weight is 435 g/mol. The Bertz CT molecular complexity index is 965. The summed E-state index contributed by atoms with van der Waals surface area (Å²) < 4.78 is 18.3. The van der Waals surface area contributed by atoms with Crippen LogP contribution in [0.5, 0.6) is 5.75 Å². The summed E-state index contributed by atoms with van der Waals surface area (Å²) in [7, 11) is -1.07. The topological polar surface area (TPSA) is 77.0 Å². The fourth-order valence-electron chi connectivity index (χ4n) is 2.33. The van der Waals surface area contributed by atoms with Crippen molar-refractivity contribution in [3.8, 4) is 5.75 Å². The molecule has 1 aromatic carbocycles. The van der Waals surface area contributed by atoms with Crippen LogP contribution in [-0.2, 0) is 17.4 Å². The zero-order valence-electron chi connectivity index (χ0n) is 14.7. The van der Waals surface area contributed by atoms with Crippen LogP contribution in [-0.4, -0.2) is 31.5 Å². The van der Waals surface area contributed by atoms with Gasteiger partial charge >= 0.3 is 0 Å². The highest BCUT2D eigenvalue weighted by atomic mass is 79.9. The van der Waals surface area contributed by atoms with Gasteiger partial charge in [0.05, 0.1) is 25.7 Å². The van der Waals surface area contributed by atoms with Crippen molar-refractivity contribution in [2.24, 2.45) is 0 Å². The van der Waals surface area contributed by atoms with E-state index < -0.39 is 10.8 Å². The number of rotatable bonds is 6. The van der Waals surface area contributed by atoms with Gasteiger partial charge in [-0.25, -0.2) is 9.97 Å². The number of nitrogens with one attached hydrogen (secondary N) is 1. The molecule has 3 rings (SSSR count). The number of hydrogen-bond acceptors (Lipinski definition) is 6. The summed E-state index contributed by atoms with van der Waals surface area (Å²) in [6.45, 7) is 4.40. The van der Waals surface area contributed by atoms with Crippen LogP contribution >= 0.6 is 15.9 Å². The van der Waals surface area contributed by atoms with Gasteiger partial charge in [0.2, 0.25) is 5.95 Å². The molecule has 1 unspecified atom stereocenters. The van der Waals surface area contributed by atoms with E-state index in [0.29, 0.717) is 23.2 Å². The molecular weight excluding hydrogens is 416 g/mol. The predicted molar refractivity (Wildman–Crippen MR) is 107 cm³/mol. The minimum Gasteiger partial charge on any atom is -0.488 e. The number of hydrogen-bond donors (Lipinski definition) is 1. The van der Waals surface area contributed by atoms with E-state index in [1.165, 1.54) is 0 Å². The Balaban J connectivity index is 1.83. The first-order valence-corrected chi connectivity index (χ1v) is 10.4. The zero-order chi connectivity index (χ0) is 18.7. The van der Waals surface area contributed by atoms with Crippen LogP contribution < -0.4 is 10.1 Å². The van der Waals surface area contributed by atoms with Crippen LogP contribution in [0.1, 0.15) is 19.4 Å². The monoisotopic (exact) mass is 434 g/mol. The quantitative estimate of drug-likeness (QED) is 0.633. The Morgan fingerprint density at radius 2 is 2.04 bits per heavy atom. The lowest BCUT2D eigenvalue weighted by molar-refractivity contribution is 0.304. The van der Waals surface area contributed by atoms with E-state index in [-0.39, 0.29) is 6.04 Å². The third kappa shape index (κ3) is 4.56. The first-order chi connectivity index (χ1) is 12.4. The van der Waals surface area contributed by atoms with Crippen LogP contribution in [0.3, 0.4) is 0 Å². The van der Waals surface area contributed by atoms with Crippen molar-refractivity contribution in [3.63, 3.8) is 0 Å². The molecule has 0 bridgehead atoms. The van der Waals surface area contributed by atoms with Crippen molar-refractivity contribution >= 4 is 43.6 Å². The molecule has 0 fully saturated rings. The van der Waals surface area contributed by atoms with Crippen molar-refractivity contribution in [2.45, 2.75) is 31.4 Å². The zero-order valence-corrected chi connectivity index (χ0v) is 17.1. The van der Waals surface area contributed by atoms with Crippen molar-refractivity contribution in [3.05, 3.63) is 46.8 Å². The molecule has 8 heteroatoms. The molecule has 2 heterocycles. The molecule has 6 nitrogen and oxygen atoms in total. The fourth-order valence-corrected chi connectivity index (χ4v) is 3.33. The van der Waals surface area contributed by atoms with E-state index in [1.54, 1.807) is 24.8 Å². The maximum Gasteiger partial charge on any atom is 0.223 e. The highest BCUT2D eigenvalue weighted by Crippen LogP contribution is 2.30. The molecule has 0 aliphatic heterocycles. The Kier molecular flexibility index (Phi) is 5.83. The summed E-state index contributed by atoms with van der Waals surface area (Å²) >= 11 is 3.53. The molecule has 0 aliphatic carbocycles. The highest BCUT2D eigenvalue weighted by Gasteiger charge is 2.09. The van der Waals surface area contributed by atoms with E-state index in [4.69, 9.17) is 4.74 Å². The molecule has 0 amide bonds. The van der Waals surface area contributed by atoms with Gasteiger partial charge in [-0.2, -0.15) is 0 Å². The summed E-state index contributed by atoms with van der Waals surface area (Å²) in [5, 5.41) is 4.11. The number of fused-ring (bicyclic) bond motifs is 1. The Hall–Kier alpha value is -2.06. The number of ether oxygens (including phenoxy) is 1. The first kappa shape index (κ1) is 18.7. The van der Waals surface area contributed by atoms with E-state index in [1.807, 2.05) is 32.0 Å². The SMILES string of the molecule is CC(C)Nc1ncc2cc(Br)c(OCc3cncc(S(C)=O)c3)cc2n1. The molecular formula is C18H19BrN4O2S. The first-order valence-electron chi connectivity index (χ1n) is 8.05. The largest absolute Gasteiger partial charge is 0.488 e. The fraction of sp³-hybridized carbons (Fsp3) is 0.278. The van der Waals surface area contributed by atoms with Gasteiger partial charge in [-0.1, -0.05) is 0 Å². The number of nitrogens with zero attached hydrogens (tertiary/aromatic N) is 3. The Labute approximate surface area is 163 Å². The second kappa shape index (κ2) is 8.09. The molecule has 0 aliphatic rings. The van der Waals surface area contributed by atoms with Crippen molar-refractivity contribution in [1.82, 2.24) is 15.0 Å². The maximum absolute atomic E-state index is 11.6. The standard InChI is InChI=1S/C18H19BrN4O2S/c1-11(2)22-18-21-8-13-5-15(19)17(6-16(13)23-18)25-10-12-4-14(26(3)24)9-20-7-12/h4-9,11H,10H2,1-3H3,(H,21,22,23). The molecule has 0 saturated carbocycles. The molecule has 0 saturated heterocycles. The number of benzene rings is 1. The number of aromatic nitrogens is 3. The molecule has 1 atom stereocenters. The molecule has 0 spiro atoms. The Morgan fingerprint density at radius 3 is 2.77 bits per heavy atom. The Morgan fingerprint density at radius 1 is 1.23 bits per heavy atom. The molecule has 136 valence electrons. The molecule has 26 heavy (non-hydrogen) atoms. The van der Waals surface area contributed by atoms with Crippen LogP contribution in [0.4, 0.5) is 5.95 Å². The summed E-state index contributed by atoms with van der Waals surface area (Å²) in [5.74, 6) is 1.26. The van der Waals surface area contributed by atoms with Gasteiger partial charge in [0.25, 0.3) is 0 Å². The van der Waals surface area contributed by atoms with Crippen molar-refractivity contribution in [1.29, 1.82) is 0 Å². The summed E-state index contributed by atoms with van der Waals surface area (Å²) in [5.41, 5.74) is 1.65. The number of pyridine rings is 1. The molecule has 0 radical (unpaired) electrons. The maximum atomic E-state index is 11.6.